The summed E-state index contributed by atoms with van der Waals surface area (Å²) in [6.07, 6.45) is 6.80. The normalized spacial score (nSPS) is 21.5. The Morgan fingerprint density at radius 2 is 1.93 bits per heavy atom. The maximum absolute atomic E-state index is 14.3. The molecule has 2 amide bonds. The number of methoxy groups -OCH3 is 1. The number of nitrogens with zero attached hydrogens (tertiary/aromatic N) is 2. The van der Waals surface area contributed by atoms with E-state index in [4.69, 9.17) is 15.2 Å². The summed E-state index contributed by atoms with van der Waals surface area (Å²) in [6.45, 7) is 3.01. The number of fused-ring (bicyclic) bond motifs is 7. The standard InChI is InChI=1S/C33H42N4O4/c1-35-13-15-41-16-14-36(2)32(39)33-19-27(33)26-18-23(40-3)10-12-24(26)30-29(21-7-5-4-6-8-21)25-11-9-22(31(34)38)17-28(25)37(30)20-33/h9-12,17-18,21,27,35H,4-8,13-16,19-20H2,1-3H3,(H2,34,38)/t27-,33-/m1/s1. The number of benzene rings is 2. The van der Waals surface area contributed by atoms with Crippen LogP contribution in [-0.4, -0.2) is 68.8 Å². The smallest absolute Gasteiger partial charge is 0.248 e. The van der Waals surface area contributed by atoms with Crippen LogP contribution in [0, 0.1) is 5.41 Å². The zero-order valence-electron chi connectivity index (χ0n) is 24.5. The Bertz CT molecular complexity index is 1470. The minimum Gasteiger partial charge on any atom is -0.497 e. The molecule has 0 radical (unpaired) electrons. The molecule has 3 aromatic rings. The van der Waals surface area contributed by atoms with E-state index in [1.807, 2.05) is 37.2 Å². The third-order valence-corrected chi connectivity index (χ3v) is 9.65. The zero-order valence-corrected chi connectivity index (χ0v) is 24.5. The predicted molar refractivity (Wildman–Crippen MR) is 160 cm³/mol. The molecule has 2 fully saturated rings. The molecule has 0 spiro atoms. The van der Waals surface area contributed by atoms with Crippen LogP contribution in [0.15, 0.2) is 36.4 Å². The highest BCUT2D eigenvalue weighted by Crippen LogP contribution is 2.66. The van der Waals surface area contributed by atoms with Crippen LogP contribution in [0.2, 0.25) is 0 Å². The number of amides is 2. The van der Waals surface area contributed by atoms with E-state index >= 15 is 0 Å². The monoisotopic (exact) mass is 558 g/mol. The maximum atomic E-state index is 14.3. The molecule has 2 atom stereocenters. The van der Waals surface area contributed by atoms with Crippen molar-refractivity contribution in [1.82, 2.24) is 14.8 Å². The number of nitrogens with two attached hydrogens (primary N) is 1. The van der Waals surface area contributed by atoms with Gasteiger partial charge in [-0.25, -0.2) is 0 Å². The number of carbonyl (C=O) groups is 2. The van der Waals surface area contributed by atoms with Gasteiger partial charge in [0.1, 0.15) is 5.75 Å². The number of ether oxygens (including phenoxy) is 2. The van der Waals surface area contributed by atoms with Gasteiger partial charge in [0.05, 0.1) is 31.4 Å². The zero-order chi connectivity index (χ0) is 28.7. The lowest BCUT2D eigenvalue weighted by Gasteiger charge is -2.25. The molecule has 0 unspecified atom stereocenters. The number of rotatable bonds is 10. The van der Waals surface area contributed by atoms with Crippen LogP contribution in [0.25, 0.3) is 22.2 Å². The van der Waals surface area contributed by atoms with Crippen LogP contribution in [0.3, 0.4) is 0 Å². The summed E-state index contributed by atoms with van der Waals surface area (Å²) in [5.41, 5.74) is 11.6. The Morgan fingerprint density at radius 3 is 2.66 bits per heavy atom. The molecular formula is C33H42N4O4. The van der Waals surface area contributed by atoms with E-state index in [0.29, 0.717) is 37.8 Å². The summed E-state index contributed by atoms with van der Waals surface area (Å²) < 4.78 is 13.8. The minimum atomic E-state index is -0.565. The first-order chi connectivity index (χ1) is 19.9. The largest absolute Gasteiger partial charge is 0.497 e. The summed E-state index contributed by atoms with van der Waals surface area (Å²) in [4.78, 5) is 28.4. The average Bonchev–Trinajstić information content (AvgIpc) is 3.66. The Kier molecular flexibility index (Phi) is 7.55. The van der Waals surface area contributed by atoms with Gasteiger partial charge in [-0.3, -0.25) is 9.59 Å². The molecule has 218 valence electrons. The van der Waals surface area contributed by atoms with Gasteiger partial charge < -0.3 is 30.0 Å². The van der Waals surface area contributed by atoms with E-state index in [0.717, 1.165) is 37.1 Å². The number of hydrogen-bond donors (Lipinski definition) is 2. The second kappa shape index (κ2) is 11.1. The van der Waals surface area contributed by atoms with Crippen LogP contribution in [0.4, 0.5) is 0 Å². The van der Waals surface area contributed by atoms with E-state index in [9.17, 15) is 9.59 Å². The van der Waals surface area contributed by atoms with Crippen LogP contribution >= 0.6 is 0 Å². The fourth-order valence-electron chi connectivity index (χ4n) is 7.39. The SMILES string of the molecule is CNCCOCCN(C)C(=O)[C@@]12C[C@@H]1c1cc(OC)ccc1-c1c(C3CCCCC3)c3ccc(C(N)=O)cc3n1C2. The molecule has 2 aliphatic carbocycles. The summed E-state index contributed by atoms with van der Waals surface area (Å²) in [5, 5.41) is 4.25. The van der Waals surface area contributed by atoms with Gasteiger partial charge in [-0.05, 0) is 73.7 Å². The molecule has 0 saturated heterocycles. The Morgan fingerprint density at radius 1 is 1.12 bits per heavy atom. The van der Waals surface area contributed by atoms with E-state index in [1.54, 1.807) is 7.11 Å². The first-order valence-corrected chi connectivity index (χ1v) is 15.0. The number of hydrogen-bond acceptors (Lipinski definition) is 5. The summed E-state index contributed by atoms with van der Waals surface area (Å²) in [6, 6.07) is 12.2. The van der Waals surface area contributed by atoms with Gasteiger partial charge in [-0.2, -0.15) is 0 Å². The summed E-state index contributed by atoms with van der Waals surface area (Å²) in [5.74, 6) is 1.06. The summed E-state index contributed by atoms with van der Waals surface area (Å²) in [7, 11) is 5.48. The van der Waals surface area contributed by atoms with Crippen LogP contribution in [0.1, 0.15) is 71.8 Å². The highest BCUT2D eigenvalue weighted by Gasteiger charge is 2.63. The molecule has 41 heavy (non-hydrogen) atoms. The van der Waals surface area contributed by atoms with E-state index < -0.39 is 11.3 Å². The number of nitrogens with one attached hydrogen (secondary N) is 1. The number of aromatic nitrogens is 1. The third-order valence-electron chi connectivity index (χ3n) is 9.65. The molecule has 2 saturated carbocycles. The third kappa shape index (κ3) is 4.81. The van der Waals surface area contributed by atoms with E-state index in [2.05, 4.69) is 28.1 Å². The van der Waals surface area contributed by atoms with Crippen molar-refractivity contribution < 1.29 is 19.1 Å². The van der Waals surface area contributed by atoms with Crippen molar-refractivity contribution in [1.29, 1.82) is 0 Å². The Balaban J connectivity index is 1.49. The molecular weight excluding hydrogens is 516 g/mol. The molecule has 2 heterocycles. The van der Waals surface area contributed by atoms with Crippen LogP contribution in [0.5, 0.6) is 5.75 Å². The lowest BCUT2D eigenvalue weighted by atomic mass is 9.81. The predicted octanol–water partition coefficient (Wildman–Crippen LogP) is 4.65. The van der Waals surface area contributed by atoms with Crippen molar-refractivity contribution in [2.75, 3.05) is 47.5 Å². The van der Waals surface area contributed by atoms with Gasteiger partial charge in [0.15, 0.2) is 0 Å². The lowest BCUT2D eigenvalue weighted by molar-refractivity contribution is -0.137. The molecule has 2 aromatic carbocycles. The molecule has 1 aliphatic heterocycles. The van der Waals surface area contributed by atoms with Gasteiger partial charge in [-0.15, -0.1) is 0 Å². The Hall–Kier alpha value is -3.36. The molecule has 8 nitrogen and oxygen atoms in total. The highest BCUT2D eigenvalue weighted by atomic mass is 16.5. The number of likely N-dealkylation sites (N-methyl/N-ethyl adjacent to an activating group) is 2. The second-order valence-corrected chi connectivity index (χ2v) is 12.1. The van der Waals surface area contributed by atoms with Gasteiger partial charge in [-0.1, -0.05) is 25.3 Å². The van der Waals surface area contributed by atoms with Crippen molar-refractivity contribution in [2.45, 2.75) is 56.9 Å². The van der Waals surface area contributed by atoms with Crippen LogP contribution in [-0.2, 0) is 16.1 Å². The quantitative estimate of drug-likeness (QED) is 0.353. The lowest BCUT2D eigenvalue weighted by Crippen LogP contribution is -2.39. The Labute approximate surface area is 242 Å². The van der Waals surface area contributed by atoms with Crippen molar-refractivity contribution in [2.24, 2.45) is 11.1 Å². The molecule has 0 bridgehead atoms. The number of primary amides is 1. The van der Waals surface area contributed by atoms with Crippen molar-refractivity contribution in [3.63, 3.8) is 0 Å². The van der Waals surface area contributed by atoms with Crippen molar-refractivity contribution in [3.05, 3.63) is 53.1 Å². The molecule has 1 aromatic heterocycles. The summed E-state index contributed by atoms with van der Waals surface area (Å²) >= 11 is 0. The fraction of sp³-hybridized carbons (Fsp3) is 0.515. The first kappa shape index (κ1) is 27.8. The minimum absolute atomic E-state index is 0.0984. The molecule has 8 heteroatoms. The molecule has 3 N–H and O–H groups in total. The fourth-order valence-corrected chi connectivity index (χ4v) is 7.39. The first-order valence-electron chi connectivity index (χ1n) is 15.0. The van der Waals surface area contributed by atoms with Gasteiger partial charge >= 0.3 is 0 Å². The molecule has 3 aliphatic rings. The van der Waals surface area contributed by atoms with E-state index in [1.165, 1.54) is 47.0 Å². The highest BCUT2D eigenvalue weighted by molar-refractivity contribution is 6.01. The van der Waals surface area contributed by atoms with Gasteiger partial charge in [0.2, 0.25) is 11.8 Å². The maximum Gasteiger partial charge on any atom is 0.248 e. The van der Waals surface area contributed by atoms with Crippen LogP contribution < -0.4 is 15.8 Å². The van der Waals surface area contributed by atoms with Crippen molar-refractivity contribution >= 4 is 22.7 Å². The van der Waals surface area contributed by atoms with Crippen molar-refractivity contribution in [3.8, 4) is 17.0 Å². The average molecular weight is 559 g/mol. The second-order valence-electron chi connectivity index (χ2n) is 12.1. The molecule has 6 rings (SSSR count). The van der Waals surface area contributed by atoms with E-state index in [-0.39, 0.29) is 11.8 Å². The topological polar surface area (TPSA) is 98.8 Å². The number of carbonyl (C=O) groups excluding carboxylic acids is 2. The van der Waals surface area contributed by atoms with Gasteiger partial charge in [0.25, 0.3) is 0 Å². The van der Waals surface area contributed by atoms with Gasteiger partial charge in [0, 0.05) is 54.6 Å².